The Hall–Kier alpha value is -0.890. The van der Waals surface area contributed by atoms with Crippen LogP contribution in [0.25, 0.3) is 0 Å². The van der Waals surface area contributed by atoms with Gasteiger partial charge < -0.3 is 5.11 Å². The molecule has 1 aliphatic rings. The van der Waals surface area contributed by atoms with Gasteiger partial charge in [0.25, 0.3) is 0 Å². The lowest BCUT2D eigenvalue weighted by atomic mass is 9.84. The van der Waals surface area contributed by atoms with Crippen LogP contribution in [0.1, 0.15) is 44.1 Å². The van der Waals surface area contributed by atoms with Gasteiger partial charge in [-0.1, -0.05) is 32.1 Å². The standard InChI is InChI=1S/C14H21NO/c16-14(10-12-4-2-1-3-5-12)11-13-6-8-15-9-7-13/h6-9,12,14,16H,1-5,10-11H2. The van der Waals surface area contributed by atoms with Crippen LogP contribution in [0.3, 0.4) is 0 Å². The molecule has 2 nitrogen and oxygen atoms in total. The topological polar surface area (TPSA) is 33.1 Å². The second kappa shape index (κ2) is 6.00. The van der Waals surface area contributed by atoms with Gasteiger partial charge in [0.2, 0.25) is 0 Å². The van der Waals surface area contributed by atoms with Gasteiger partial charge in [-0.2, -0.15) is 0 Å². The molecule has 1 atom stereocenters. The number of aliphatic hydroxyl groups excluding tert-OH is 1. The quantitative estimate of drug-likeness (QED) is 0.844. The predicted molar refractivity (Wildman–Crippen MR) is 65.1 cm³/mol. The van der Waals surface area contributed by atoms with Crippen LogP contribution in [0.2, 0.25) is 0 Å². The summed E-state index contributed by atoms with van der Waals surface area (Å²) in [6.45, 7) is 0. The second-order valence-electron chi connectivity index (χ2n) is 4.95. The van der Waals surface area contributed by atoms with Crippen molar-refractivity contribution >= 4 is 0 Å². The van der Waals surface area contributed by atoms with Gasteiger partial charge in [-0.25, -0.2) is 0 Å². The molecule has 1 aromatic rings. The molecular formula is C14H21NO. The molecule has 1 fully saturated rings. The van der Waals surface area contributed by atoms with E-state index < -0.39 is 0 Å². The molecule has 1 heterocycles. The Balaban J connectivity index is 1.77. The van der Waals surface area contributed by atoms with Crippen molar-refractivity contribution in [2.45, 2.75) is 51.0 Å². The van der Waals surface area contributed by atoms with Crippen LogP contribution >= 0.6 is 0 Å². The summed E-state index contributed by atoms with van der Waals surface area (Å²) in [5.41, 5.74) is 1.19. The van der Waals surface area contributed by atoms with Crippen molar-refractivity contribution in [3.05, 3.63) is 30.1 Å². The molecule has 88 valence electrons. The Kier molecular flexibility index (Phi) is 4.34. The highest BCUT2D eigenvalue weighted by Crippen LogP contribution is 2.27. The summed E-state index contributed by atoms with van der Waals surface area (Å²) in [5.74, 6) is 0.755. The van der Waals surface area contributed by atoms with E-state index in [0.717, 1.165) is 18.8 Å². The van der Waals surface area contributed by atoms with Gasteiger partial charge in [-0.15, -0.1) is 0 Å². The molecule has 1 unspecified atom stereocenters. The highest BCUT2D eigenvalue weighted by Gasteiger charge is 2.17. The maximum Gasteiger partial charge on any atom is 0.0583 e. The second-order valence-corrected chi connectivity index (χ2v) is 4.95. The van der Waals surface area contributed by atoms with Crippen molar-refractivity contribution in [2.24, 2.45) is 5.92 Å². The SMILES string of the molecule is OC(Cc1ccncc1)CC1CCCCC1. The fraction of sp³-hybridized carbons (Fsp3) is 0.643. The Morgan fingerprint density at radius 2 is 1.88 bits per heavy atom. The molecule has 0 spiro atoms. The number of rotatable bonds is 4. The number of aliphatic hydroxyl groups is 1. The minimum atomic E-state index is -0.175. The Bertz CT molecular complexity index is 293. The zero-order valence-corrected chi connectivity index (χ0v) is 9.81. The maximum absolute atomic E-state index is 10.0. The molecule has 2 rings (SSSR count). The normalized spacial score (nSPS) is 19.6. The van der Waals surface area contributed by atoms with Gasteiger partial charge >= 0.3 is 0 Å². The predicted octanol–water partition coefficient (Wildman–Crippen LogP) is 2.96. The molecule has 1 saturated carbocycles. The van der Waals surface area contributed by atoms with Crippen molar-refractivity contribution in [1.29, 1.82) is 0 Å². The average molecular weight is 219 g/mol. The molecule has 1 aromatic heterocycles. The van der Waals surface area contributed by atoms with Crippen molar-refractivity contribution in [3.8, 4) is 0 Å². The van der Waals surface area contributed by atoms with Gasteiger partial charge in [0.05, 0.1) is 6.10 Å². The lowest BCUT2D eigenvalue weighted by Gasteiger charge is -2.24. The van der Waals surface area contributed by atoms with Crippen molar-refractivity contribution in [2.75, 3.05) is 0 Å². The summed E-state index contributed by atoms with van der Waals surface area (Å²) in [5, 5.41) is 10.0. The van der Waals surface area contributed by atoms with Gasteiger partial charge in [0.15, 0.2) is 0 Å². The Labute approximate surface area is 97.7 Å². The van der Waals surface area contributed by atoms with Crippen LogP contribution in [0.5, 0.6) is 0 Å². The summed E-state index contributed by atoms with van der Waals surface area (Å²) >= 11 is 0. The van der Waals surface area contributed by atoms with Crippen molar-refractivity contribution < 1.29 is 5.11 Å². The zero-order chi connectivity index (χ0) is 11.2. The Morgan fingerprint density at radius 3 is 2.56 bits per heavy atom. The highest BCUT2D eigenvalue weighted by molar-refractivity contribution is 5.10. The van der Waals surface area contributed by atoms with Gasteiger partial charge in [0, 0.05) is 12.4 Å². The first kappa shape index (κ1) is 11.6. The van der Waals surface area contributed by atoms with Crippen LogP contribution in [0.15, 0.2) is 24.5 Å². The zero-order valence-electron chi connectivity index (χ0n) is 9.81. The minimum Gasteiger partial charge on any atom is -0.393 e. The summed E-state index contributed by atoms with van der Waals surface area (Å²) in [4.78, 5) is 3.99. The third-order valence-electron chi connectivity index (χ3n) is 3.55. The molecule has 2 heteroatoms. The van der Waals surface area contributed by atoms with Gasteiger partial charge in [0.1, 0.15) is 0 Å². The van der Waals surface area contributed by atoms with E-state index in [1.54, 1.807) is 12.4 Å². The van der Waals surface area contributed by atoms with E-state index in [1.807, 2.05) is 12.1 Å². The number of hydrogen-bond acceptors (Lipinski definition) is 2. The van der Waals surface area contributed by atoms with E-state index in [1.165, 1.54) is 37.7 Å². The van der Waals surface area contributed by atoms with Gasteiger partial charge in [-0.3, -0.25) is 4.98 Å². The van der Waals surface area contributed by atoms with Crippen LogP contribution in [0, 0.1) is 5.92 Å². The van der Waals surface area contributed by atoms with Gasteiger partial charge in [-0.05, 0) is 36.5 Å². The summed E-state index contributed by atoms with van der Waals surface area (Å²) < 4.78 is 0. The number of nitrogens with zero attached hydrogens (tertiary/aromatic N) is 1. The molecule has 0 radical (unpaired) electrons. The molecule has 0 bridgehead atoms. The van der Waals surface area contributed by atoms with E-state index in [-0.39, 0.29) is 6.10 Å². The van der Waals surface area contributed by atoms with Crippen LogP contribution in [-0.2, 0) is 6.42 Å². The van der Waals surface area contributed by atoms with Crippen molar-refractivity contribution in [1.82, 2.24) is 4.98 Å². The largest absolute Gasteiger partial charge is 0.393 e. The number of pyridine rings is 1. The first-order chi connectivity index (χ1) is 7.84. The molecule has 1 aliphatic carbocycles. The summed E-state index contributed by atoms with van der Waals surface area (Å²) in [7, 11) is 0. The summed E-state index contributed by atoms with van der Waals surface area (Å²) in [6.07, 6.45) is 11.9. The lowest BCUT2D eigenvalue weighted by molar-refractivity contribution is 0.130. The number of aromatic nitrogens is 1. The molecular weight excluding hydrogens is 198 g/mol. The minimum absolute atomic E-state index is 0.175. The van der Waals surface area contributed by atoms with Crippen LogP contribution < -0.4 is 0 Å². The van der Waals surface area contributed by atoms with E-state index in [0.29, 0.717) is 0 Å². The molecule has 16 heavy (non-hydrogen) atoms. The fourth-order valence-corrected chi connectivity index (χ4v) is 2.68. The average Bonchev–Trinajstić information content (AvgIpc) is 2.31. The first-order valence-electron chi connectivity index (χ1n) is 6.41. The third kappa shape index (κ3) is 3.60. The monoisotopic (exact) mass is 219 g/mol. The fourth-order valence-electron chi connectivity index (χ4n) is 2.68. The Morgan fingerprint density at radius 1 is 1.19 bits per heavy atom. The van der Waals surface area contributed by atoms with Crippen molar-refractivity contribution in [3.63, 3.8) is 0 Å². The van der Waals surface area contributed by atoms with E-state index >= 15 is 0 Å². The highest BCUT2D eigenvalue weighted by atomic mass is 16.3. The van der Waals surface area contributed by atoms with Crippen LogP contribution in [0.4, 0.5) is 0 Å². The smallest absolute Gasteiger partial charge is 0.0583 e. The lowest BCUT2D eigenvalue weighted by Crippen LogP contribution is -2.18. The van der Waals surface area contributed by atoms with E-state index in [9.17, 15) is 5.11 Å². The maximum atomic E-state index is 10.0. The molecule has 0 saturated heterocycles. The van der Waals surface area contributed by atoms with Crippen LogP contribution in [-0.4, -0.2) is 16.2 Å². The molecule has 1 N–H and O–H groups in total. The first-order valence-corrected chi connectivity index (χ1v) is 6.41. The number of hydrogen-bond donors (Lipinski definition) is 1. The molecule has 0 amide bonds. The molecule has 0 aromatic carbocycles. The summed E-state index contributed by atoms with van der Waals surface area (Å²) in [6, 6.07) is 3.98. The third-order valence-corrected chi connectivity index (χ3v) is 3.55. The van der Waals surface area contributed by atoms with E-state index in [2.05, 4.69) is 4.98 Å². The molecule has 0 aliphatic heterocycles. The van der Waals surface area contributed by atoms with E-state index in [4.69, 9.17) is 0 Å².